The maximum Gasteiger partial charge on any atom is 0.235 e. The van der Waals surface area contributed by atoms with E-state index in [1.54, 1.807) is 18.2 Å². The predicted molar refractivity (Wildman–Crippen MR) is 126 cm³/mol. The van der Waals surface area contributed by atoms with E-state index in [-0.39, 0.29) is 35.4 Å². The molecule has 1 aliphatic heterocycles. The number of hydrogen-bond acceptors (Lipinski definition) is 5. The van der Waals surface area contributed by atoms with Crippen molar-refractivity contribution in [3.05, 3.63) is 35.9 Å². The molecule has 0 spiro atoms. The second-order valence-electron chi connectivity index (χ2n) is 9.86. The van der Waals surface area contributed by atoms with Gasteiger partial charge >= 0.3 is 0 Å². The fourth-order valence-electron chi connectivity index (χ4n) is 6.08. The fraction of sp³-hybridized carbons (Fsp3) is 0.640. The third kappa shape index (κ3) is 4.63. The molecule has 8 heteroatoms. The minimum atomic E-state index is -0.385. The zero-order chi connectivity index (χ0) is 22.9. The number of fused-ring (bicyclic) bond motifs is 2. The van der Waals surface area contributed by atoms with Gasteiger partial charge in [-0.1, -0.05) is 30.3 Å². The van der Waals surface area contributed by atoms with Gasteiger partial charge in [-0.15, -0.1) is 10.2 Å². The monoisotopic (exact) mass is 472 g/mol. The summed E-state index contributed by atoms with van der Waals surface area (Å²) in [4.78, 5) is 14.9. The fourth-order valence-corrected chi connectivity index (χ4v) is 7.12. The smallest absolute Gasteiger partial charge is 0.235 e. The van der Waals surface area contributed by atoms with E-state index in [9.17, 15) is 9.18 Å². The molecule has 1 saturated heterocycles. The van der Waals surface area contributed by atoms with Crippen LogP contribution in [0.2, 0.25) is 0 Å². The van der Waals surface area contributed by atoms with Crippen LogP contribution in [0.5, 0.6) is 5.75 Å². The van der Waals surface area contributed by atoms with E-state index < -0.39 is 0 Å². The number of ether oxygens (including phenoxy) is 1. The number of rotatable bonds is 8. The molecule has 5 atom stereocenters. The summed E-state index contributed by atoms with van der Waals surface area (Å²) in [5.74, 6) is 2.85. The van der Waals surface area contributed by atoms with E-state index in [2.05, 4.69) is 21.7 Å². The topological polar surface area (TPSA) is 60.3 Å². The van der Waals surface area contributed by atoms with Gasteiger partial charge in [0.1, 0.15) is 6.61 Å². The van der Waals surface area contributed by atoms with Gasteiger partial charge in [0.15, 0.2) is 22.5 Å². The summed E-state index contributed by atoms with van der Waals surface area (Å²) < 4.78 is 22.1. The summed E-state index contributed by atoms with van der Waals surface area (Å²) in [6, 6.07) is 6.64. The zero-order valence-corrected chi connectivity index (χ0v) is 20.3. The van der Waals surface area contributed by atoms with Crippen LogP contribution in [-0.2, 0) is 11.4 Å². The lowest BCUT2D eigenvalue weighted by Crippen LogP contribution is -2.34. The van der Waals surface area contributed by atoms with Gasteiger partial charge in [-0.25, -0.2) is 4.39 Å². The normalized spacial score (nSPS) is 26.0. The number of amides is 1. The SMILES string of the molecule is CC(Sc1nnc(COc2ccccc2F)n1C(C)C1CC2CCC1C2)C(=O)N1CCCC1. The lowest BCUT2D eigenvalue weighted by atomic mass is 9.84. The van der Waals surface area contributed by atoms with E-state index in [4.69, 9.17) is 4.74 Å². The summed E-state index contributed by atoms with van der Waals surface area (Å²) in [6.07, 6.45) is 7.38. The lowest BCUT2D eigenvalue weighted by Gasteiger charge is -2.30. The molecule has 0 radical (unpaired) electrons. The molecule has 2 heterocycles. The van der Waals surface area contributed by atoms with Gasteiger partial charge in [-0.3, -0.25) is 9.36 Å². The van der Waals surface area contributed by atoms with Gasteiger partial charge in [0.2, 0.25) is 5.91 Å². The highest BCUT2D eigenvalue weighted by Gasteiger charge is 2.43. The number of likely N-dealkylation sites (tertiary alicyclic amines) is 1. The summed E-state index contributed by atoms with van der Waals surface area (Å²) in [5.41, 5.74) is 0. The molecule has 0 N–H and O–H groups in total. The molecule has 1 amide bonds. The summed E-state index contributed by atoms with van der Waals surface area (Å²) in [7, 11) is 0. The van der Waals surface area contributed by atoms with Crippen LogP contribution in [-0.4, -0.2) is 43.9 Å². The second kappa shape index (κ2) is 9.65. The Kier molecular flexibility index (Phi) is 6.63. The minimum absolute atomic E-state index is 0.147. The van der Waals surface area contributed by atoms with E-state index >= 15 is 0 Å². The average molecular weight is 473 g/mol. The van der Waals surface area contributed by atoms with Crippen LogP contribution in [0.15, 0.2) is 29.4 Å². The van der Waals surface area contributed by atoms with E-state index in [1.807, 2.05) is 11.8 Å². The quantitative estimate of drug-likeness (QED) is 0.501. The zero-order valence-electron chi connectivity index (χ0n) is 19.5. The van der Waals surface area contributed by atoms with Crippen molar-refractivity contribution >= 4 is 17.7 Å². The van der Waals surface area contributed by atoms with Crippen molar-refractivity contribution in [1.29, 1.82) is 0 Å². The second-order valence-corrected chi connectivity index (χ2v) is 11.2. The van der Waals surface area contributed by atoms with Crippen LogP contribution >= 0.6 is 11.8 Å². The number of nitrogens with zero attached hydrogens (tertiary/aromatic N) is 4. The molecule has 178 valence electrons. The van der Waals surface area contributed by atoms with Gasteiger partial charge in [0, 0.05) is 19.1 Å². The molecule has 2 saturated carbocycles. The van der Waals surface area contributed by atoms with Crippen LogP contribution in [0.3, 0.4) is 0 Å². The molecule has 3 fully saturated rings. The first kappa shape index (κ1) is 22.7. The molecule has 2 bridgehead atoms. The predicted octanol–water partition coefficient (Wildman–Crippen LogP) is 5.10. The van der Waals surface area contributed by atoms with Gasteiger partial charge in [-0.2, -0.15) is 0 Å². The van der Waals surface area contributed by atoms with Crippen LogP contribution in [0.4, 0.5) is 4.39 Å². The summed E-state index contributed by atoms with van der Waals surface area (Å²) >= 11 is 1.49. The molecule has 1 aromatic heterocycles. The molecule has 33 heavy (non-hydrogen) atoms. The number of para-hydroxylation sites is 1. The minimum Gasteiger partial charge on any atom is -0.483 e. The number of carbonyl (C=O) groups excluding carboxylic acids is 1. The summed E-state index contributed by atoms with van der Waals surface area (Å²) in [5, 5.41) is 9.47. The van der Waals surface area contributed by atoms with Crippen molar-refractivity contribution in [3.63, 3.8) is 0 Å². The van der Waals surface area contributed by atoms with Crippen LogP contribution in [0.25, 0.3) is 0 Å². The highest BCUT2D eigenvalue weighted by molar-refractivity contribution is 8.00. The van der Waals surface area contributed by atoms with Gasteiger partial charge in [0.05, 0.1) is 5.25 Å². The molecular formula is C25H33FN4O2S. The van der Waals surface area contributed by atoms with Crippen molar-refractivity contribution in [2.45, 2.75) is 75.4 Å². The Labute approximate surface area is 199 Å². The number of carbonyl (C=O) groups is 1. The first-order valence-corrected chi connectivity index (χ1v) is 13.2. The first-order chi connectivity index (χ1) is 16.0. The third-order valence-corrected chi connectivity index (χ3v) is 8.84. The van der Waals surface area contributed by atoms with E-state index in [0.29, 0.717) is 11.7 Å². The van der Waals surface area contributed by atoms with Gasteiger partial charge in [-0.05, 0) is 75.8 Å². The Morgan fingerprint density at radius 3 is 2.67 bits per heavy atom. The van der Waals surface area contributed by atoms with Gasteiger partial charge in [0.25, 0.3) is 0 Å². The molecular weight excluding hydrogens is 439 g/mol. The van der Waals surface area contributed by atoms with Crippen molar-refractivity contribution in [2.24, 2.45) is 17.8 Å². The lowest BCUT2D eigenvalue weighted by molar-refractivity contribution is -0.129. The third-order valence-electron chi connectivity index (χ3n) is 7.80. The number of aromatic nitrogens is 3. The van der Waals surface area contributed by atoms with Gasteiger partial charge < -0.3 is 9.64 Å². The highest BCUT2D eigenvalue weighted by Crippen LogP contribution is 2.52. The Morgan fingerprint density at radius 1 is 1.18 bits per heavy atom. The van der Waals surface area contributed by atoms with Crippen molar-refractivity contribution in [2.75, 3.05) is 13.1 Å². The van der Waals surface area contributed by atoms with Crippen LogP contribution < -0.4 is 4.74 Å². The largest absolute Gasteiger partial charge is 0.483 e. The first-order valence-electron chi connectivity index (χ1n) is 12.3. The molecule has 5 rings (SSSR count). The Balaban J connectivity index is 1.37. The maximum atomic E-state index is 14.1. The maximum absolute atomic E-state index is 14.1. The standard InChI is InChI=1S/C25H33FN4O2S/c1-16(20-14-18-9-10-19(20)13-18)30-23(15-32-22-8-4-3-7-21(22)26)27-28-25(30)33-17(2)24(31)29-11-5-6-12-29/h3-4,7-8,16-20H,5-6,9-15H2,1-2H3. The summed E-state index contributed by atoms with van der Waals surface area (Å²) in [6.45, 7) is 6.05. The van der Waals surface area contributed by atoms with Crippen molar-refractivity contribution < 1.29 is 13.9 Å². The number of thioether (sulfide) groups is 1. The number of hydrogen-bond donors (Lipinski definition) is 0. The highest BCUT2D eigenvalue weighted by atomic mass is 32.2. The Hall–Kier alpha value is -2.09. The van der Waals surface area contributed by atoms with Crippen LogP contribution in [0.1, 0.15) is 64.2 Å². The van der Waals surface area contributed by atoms with Crippen molar-refractivity contribution in [1.82, 2.24) is 19.7 Å². The van der Waals surface area contributed by atoms with Crippen molar-refractivity contribution in [3.8, 4) is 5.75 Å². The Bertz CT molecular complexity index is 993. The molecule has 2 aliphatic carbocycles. The average Bonchev–Trinajstić information content (AvgIpc) is 3.62. The molecule has 5 unspecified atom stereocenters. The molecule has 1 aromatic carbocycles. The molecule has 6 nitrogen and oxygen atoms in total. The van der Waals surface area contributed by atoms with E-state index in [0.717, 1.165) is 42.9 Å². The van der Waals surface area contributed by atoms with Crippen LogP contribution in [0, 0.1) is 23.6 Å². The molecule has 3 aliphatic rings. The number of benzene rings is 1. The van der Waals surface area contributed by atoms with E-state index in [1.165, 1.54) is 43.5 Å². The Morgan fingerprint density at radius 2 is 1.97 bits per heavy atom. The number of halogens is 1. The molecule has 2 aromatic rings.